The number of thioether (sulfide) groups is 1. The fourth-order valence-corrected chi connectivity index (χ4v) is 6.16. The van der Waals surface area contributed by atoms with Crippen LogP contribution in [0.1, 0.15) is 57.4 Å². The van der Waals surface area contributed by atoms with Crippen LogP contribution in [-0.4, -0.2) is 47.5 Å². The van der Waals surface area contributed by atoms with Gasteiger partial charge in [0.15, 0.2) is 0 Å². The van der Waals surface area contributed by atoms with E-state index in [1.165, 1.54) is 32.1 Å². The summed E-state index contributed by atoms with van der Waals surface area (Å²) in [5.74, 6) is 0.490. The number of nitrogens with zero attached hydrogens (tertiary/aromatic N) is 1. The van der Waals surface area contributed by atoms with E-state index in [1.54, 1.807) is 0 Å². The predicted octanol–water partition coefficient (Wildman–Crippen LogP) is 5.37. The molecule has 0 spiro atoms. The standard InChI is InChI=1S/C24H34ClNO3S/c1-2-29-24(28)19-10-8-14-26(16-19)23(27)20(15-18-9-6-7-13-22(18)25)17-30-21-11-4-3-5-12-21/h6-7,9,13,19-21H,2-5,8,10-12,14-17H2,1H3. The first-order valence-corrected chi connectivity index (χ1v) is 12.8. The lowest BCUT2D eigenvalue weighted by atomic mass is 9.94. The molecule has 2 atom stereocenters. The Bertz CT molecular complexity index is 707. The van der Waals surface area contributed by atoms with E-state index in [0.29, 0.717) is 24.8 Å². The molecule has 1 saturated heterocycles. The molecule has 1 aromatic rings. The van der Waals surface area contributed by atoms with E-state index in [2.05, 4.69) is 0 Å². The van der Waals surface area contributed by atoms with Gasteiger partial charge in [0.2, 0.25) is 5.91 Å². The number of hydrogen-bond acceptors (Lipinski definition) is 4. The minimum absolute atomic E-state index is 0.113. The van der Waals surface area contributed by atoms with Crippen molar-refractivity contribution in [1.29, 1.82) is 0 Å². The maximum atomic E-state index is 13.5. The molecule has 6 heteroatoms. The average molecular weight is 452 g/mol. The molecule has 1 saturated carbocycles. The van der Waals surface area contributed by atoms with Gasteiger partial charge in [-0.15, -0.1) is 0 Å². The normalized spacial score (nSPS) is 21.3. The Kier molecular flexibility index (Phi) is 9.38. The van der Waals surface area contributed by atoms with Crippen molar-refractivity contribution >= 4 is 35.2 Å². The number of amides is 1. The van der Waals surface area contributed by atoms with Crippen LogP contribution in [0.25, 0.3) is 0 Å². The van der Waals surface area contributed by atoms with Gasteiger partial charge >= 0.3 is 5.97 Å². The summed E-state index contributed by atoms with van der Waals surface area (Å²) in [7, 11) is 0. The second-order valence-corrected chi connectivity index (χ2v) is 10.2. The van der Waals surface area contributed by atoms with Crippen molar-refractivity contribution in [3.05, 3.63) is 34.9 Å². The topological polar surface area (TPSA) is 46.6 Å². The van der Waals surface area contributed by atoms with Crippen molar-refractivity contribution in [3.8, 4) is 0 Å². The number of ether oxygens (including phenoxy) is 1. The molecule has 0 aromatic heterocycles. The number of halogens is 1. The largest absolute Gasteiger partial charge is 0.466 e. The minimum atomic E-state index is -0.199. The fraction of sp³-hybridized carbons (Fsp3) is 0.667. The van der Waals surface area contributed by atoms with E-state index in [9.17, 15) is 9.59 Å². The molecule has 0 N–H and O–H groups in total. The first-order chi connectivity index (χ1) is 14.6. The van der Waals surface area contributed by atoms with Crippen molar-refractivity contribution < 1.29 is 14.3 Å². The lowest BCUT2D eigenvalue weighted by Gasteiger charge is -2.34. The van der Waals surface area contributed by atoms with Crippen LogP contribution in [0.5, 0.6) is 0 Å². The Balaban J connectivity index is 1.68. The van der Waals surface area contributed by atoms with E-state index >= 15 is 0 Å². The molecule has 1 aromatic carbocycles. The zero-order chi connectivity index (χ0) is 21.3. The van der Waals surface area contributed by atoms with E-state index in [4.69, 9.17) is 16.3 Å². The number of carbonyl (C=O) groups excluding carboxylic acids is 2. The highest BCUT2D eigenvalue weighted by molar-refractivity contribution is 7.99. The molecular formula is C24H34ClNO3S. The summed E-state index contributed by atoms with van der Waals surface area (Å²) in [5, 5.41) is 1.38. The summed E-state index contributed by atoms with van der Waals surface area (Å²) in [6.07, 6.45) is 8.75. The molecule has 2 unspecified atom stereocenters. The van der Waals surface area contributed by atoms with E-state index in [1.807, 2.05) is 47.9 Å². The summed E-state index contributed by atoms with van der Waals surface area (Å²) >= 11 is 8.37. The van der Waals surface area contributed by atoms with Crippen LogP contribution in [0, 0.1) is 11.8 Å². The smallest absolute Gasteiger partial charge is 0.310 e. The number of piperidine rings is 1. The first kappa shape index (κ1) is 23.5. The van der Waals surface area contributed by atoms with Crippen LogP contribution in [-0.2, 0) is 20.7 Å². The summed E-state index contributed by atoms with van der Waals surface area (Å²) in [5.41, 5.74) is 1.03. The molecule has 2 aliphatic rings. The quantitative estimate of drug-likeness (QED) is 0.498. The second-order valence-electron chi connectivity index (χ2n) is 8.46. The number of likely N-dealkylation sites (tertiary alicyclic amines) is 1. The molecule has 4 nitrogen and oxygen atoms in total. The van der Waals surface area contributed by atoms with Crippen LogP contribution in [0.15, 0.2) is 24.3 Å². The second kappa shape index (κ2) is 12.0. The maximum absolute atomic E-state index is 13.5. The number of hydrogen-bond donors (Lipinski definition) is 0. The highest BCUT2D eigenvalue weighted by Gasteiger charge is 2.33. The molecule has 1 amide bonds. The van der Waals surface area contributed by atoms with Gasteiger partial charge in [0, 0.05) is 29.1 Å². The highest BCUT2D eigenvalue weighted by atomic mass is 35.5. The Labute approximate surface area is 190 Å². The van der Waals surface area contributed by atoms with Crippen molar-refractivity contribution in [1.82, 2.24) is 4.90 Å². The minimum Gasteiger partial charge on any atom is -0.466 e. The first-order valence-electron chi connectivity index (χ1n) is 11.4. The molecule has 0 bridgehead atoms. The lowest BCUT2D eigenvalue weighted by molar-refractivity contribution is -0.151. The third-order valence-electron chi connectivity index (χ3n) is 6.21. The number of rotatable bonds is 8. The lowest BCUT2D eigenvalue weighted by Crippen LogP contribution is -2.46. The van der Waals surface area contributed by atoms with Gasteiger partial charge in [0.25, 0.3) is 0 Å². The fourth-order valence-electron chi connectivity index (χ4n) is 4.52. The van der Waals surface area contributed by atoms with Gasteiger partial charge in [0.05, 0.1) is 18.4 Å². The van der Waals surface area contributed by atoms with Gasteiger partial charge in [-0.1, -0.05) is 49.1 Å². The molecule has 0 radical (unpaired) electrons. The third-order valence-corrected chi connectivity index (χ3v) is 8.12. The molecule has 1 aliphatic heterocycles. The van der Waals surface area contributed by atoms with Gasteiger partial charge in [-0.25, -0.2) is 0 Å². The number of carbonyl (C=O) groups is 2. The molecule has 2 fully saturated rings. The van der Waals surface area contributed by atoms with Crippen molar-refractivity contribution in [2.75, 3.05) is 25.4 Å². The average Bonchev–Trinajstić information content (AvgIpc) is 2.78. The summed E-state index contributed by atoms with van der Waals surface area (Å²) in [6, 6.07) is 7.82. The monoisotopic (exact) mass is 451 g/mol. The zero-order valence-electron chi connectivity index (χ0n) is 18.0. The Morgan fingerprint density at radius 1 is 1.17 bits per heavy atom. The third kappa shape index (κ3) is 6.65. The summed E-state index contributed by atoms with van der Waals surface area (Å²) in [6.45, 7) is 3.41. The molecule has 30 heavy (non-hydrogen) atoms. The van der Waals surface area contributed by atoms with Crippen LogP contribution in [0.2, 0.25) is 5.02 Å². The number of esters is 1. The van der Waals surface area contributed by atoms with Crippen LogP contribution in [0.3, 0.4) is 0 Å². The van der Waals surface area contributed by atoms with Crippen LogP contribution >= 0.6 is 23.4 Å². The van der Waals surface area contributed by atoms with Gasteiger partial charge in [-0.3, -0.25) is 9.59 Å². The number of benzene rings is 1. The summed E-state index contributed by atoms with van der Waals surface area (Å²) < 4.78 is 5.21. The van der Waals surface area contributed by atoms with E-state index in [0.717, 1.165) is 35.7 Å². The Morgan fingerprint density at radius 2 is 1.93 bits per heavy atom. The van der Waals surface area contributed by atoms with E-state index in [-0.39, 0.29) is 23.7 Å². The summed E-state index contributed by atoms with van der Waals surface area (Å²) in [4.78, 5) is 27.6. The highest BCUT2D eigenvalue weighted by Crippen LogP contribution is 2.32. The van der Waals surface area contributed by atoms with Gasteiger partial charge in [-0.2, -0.15) is 11.8 Å². The van der Waals surface area contributed by atoms with Gasteiger partial charge < -0.3 is 9.64 Å². The predicted molar refractivity (Wildman–Crippen MR) is 124 cm³/mol. The zero-order valence-corrected chi connectivity index (χ0v) is 19.6. The molecule has 166 valence electrons. The van der Waals surface area contributed by atoms with Crippen molar-refractivity contribution in [2.24, 2.45) is 11.8 Å². The molecular weight excluding hydrogens is 418 g/mol. The van der Waals surface area contributed by atoms with Crippen LogP contribution < -0.4 is 0 Å². The Hall–Kier alpha value is -1.20. The van der Waals surface area contributed by atoms with Gasteiger partial charge in [0.1, 0.15) is 0 Å². The molecule has 3 rings (SSSR count). The maximum Gasteiger partial charge on any atom is 0.310 e. The van der Waals surface area contributed by atoms with Gasteiger partial charge in [-0.05, 0) is 50.7 Å². The molecule has 1 aliphatic carbocycles. The van der Waals surface area contributed by atoms with Crippen molar-refractivity contribution in [2.45, 2.75) is 63.5 Å². The van der Waals surface area contributed by atoms with Crippen molar-refractivity contribution in [3.63, 3.8) is 0 Å². The van der Waals surface area contributed by atoms with E-state index < -0.39 is 0 Å². The molecule has 1 heterocycles. The van der Waals surface area contributed by atoms with Crippen LogP contribution in [0.4, 0.5) is 0 Å². The SMILES string of the molecule is CCOC(=O)C1CCCN(C(=O)C(CSC2CCCCC2)Cc2ccccc2Cl)C1. The Morgan fingerprint density at radius 3 is 2.67 bits per heavy atom.